The van der Waals surface area contributed by atoms with Crippen LogP contribution in [0.15, 0.2) is 60.7 Å². The smallest absolute Gasteiger partial charge is 0.340 e. The van der Waals surface area contributed by atoms with Gasteiger partial charge in [0.15, 0.2) is 17.7 Å². The van der Waals surface area contributed by atoms with E-state index in [1.165, 1.54) is 7.11 Å². The molecule has 2 aromatic carbocycles. The molecule has 0 spiro atoms. The van der Waals surface area contributed by atoms with E-state index in [4.69, 9.17) is 23.4 Å². The highest BCUT2D eigenvalue weighted by molar-refractivity contribution is 6.99. The molecule has 2 aromatic rings. The Kier molecular flexibility index (Phi) is 6.31. The summed E-state index contributed by atoms with van der Waals surface area (Å²) in [6.07, 6.45) is -0.685. The molecule has 0 aliphatic carbocycles. The van der Waals surface area contributed by atoms with Crippen molar-refractivity contribution in [2.45, 2.75) is 69.9 Å². The molecule has 178 valence electrons. The van der Waals surface area contributed by atoms with Crippen molar-refractivity contribution in [1.82, 2.24) is 0 Å². The number of carbonyl (C=O) groups is 1. The van der Waals surface area contributed by atoms with Crippen LogP contribution in [-0.2, 0) is 28.2 Å². The zero-order valence-corrected chi connectivity index (χ0v) is 21.3. The van der Waals surface area contributed by atoms with Gasteiger partial charge in [-0.25, -0.2) is 4.79 Å². The Hall–Kier alpha value is -2.03. The van der Waals surface area contributed by atoms with Crippen LogP contribution in [0.4, 0.5) is 0 Å². The van der Waals surface area contributed by atoms with Crippen LogP contribution in [0.5, 0.6) is 0 Å². The second-order valence-electron chi connectivity index (χ2n) is 10.3. The van der Waals surface area contributed by atoms with Gasteiger partial charge in [-0.05, 0) is 29.3 Å². The molecule has 2 saturated heterocycles. The van der Waals surface area contributed by atoms with Crippen LogP contribution in [-0.4, -0.2) is 51.8 Å². The van der Waals surface area contributed by atoms with Crippen LogP contribution in [0.25, 0.3) is 0 Å². The zero-order valence-electron chi connectivity index (χ0n) is 20.3. The number of ether oxygens (including phenoxy) is 4. The van der Waals surface area contributed by atoms with Crippen LogP contribution < -0.4 is 10.4 Å². The normalized spacial score (nSPS) is 26.7. The second kappa shape index (κ2) is 8.63. The third-order valence-corrected chi connectivity index (χ3v) is 11.5. The Labute approximate surface area is 197 Å². The molecular formula is C26H34O6Si. The maximum absolute atomic E-state index is 13.0. The van der Waals surface area contributed by atoms with Crippen molar-refractivity contribution in [2.75, 3.05) is 13.7 Å². The van der Waals surface area contributed by atoms with E-state index in [0.29, 0.717) is 6.42 Å². The summed E-state index contributed by atoms with van der Waals surface area (Å²) in [5.74, 6) is -1.23. The van der Waals surface area contributed by atoms with E-state index in [1.54, 1.807) is 0 Å². The number of esters is 1. The highest BCUT2D eigenvalue weighted by Crippen LogP contribution is 2.44. The van der Waals surface area contributed by atoms with Crippen molar-refractivity contribution in [1.29, 1.82) is 0 Å². The van der Waals surface area contributed by atoms with E-state index in [2.05, 4.69) is 45.0 Å². The minimum atomic E-state index is -2.86. The minimum absolute atomic E-state index is 0.0487. The van der Waals surface area contributed by atoms with Gasteiger partial charge in [0.25, 0.3) is 8.32 Å². The van der Waals surface area contributed by atoms with Crippen LogP contribution in [0.1, 0.15) is 41.0 Å². The number of fused-ring (bicyclic) bond motifs is 1. The van der Waals surface area contributed by atoms with Crippen molar-refractivity contribution in [3.63, 3.8) is 0 Å². The van der Waals surface area contributed by atoms with E-state index >= 15 is 0 Å². The molecule has 0 bridgehead atoms. The summed E-state index contributed by atoms with van der Waals surface area (Å²) in [5, 5.41) is 2.04. The molecule has 0 radical (unpaired) electrons. The monoisotopic (exact) mass is 470 g/mol. The average Bonchev–Trinajstić information content (AvgIpc) is 3.24. The molecular weight excluding hydrogens is 436 g/mol. The fraction of sp³-hybridized carbons (Fsp3) is 0.500. The maximum atomic E-state index is 13.0. The van der Waals surface area contributed by atoms with Crippen LogP contribution >= 0.6 is 0 Å². The van der Waals surface area contributed by atoms with Crippen molar-refractivity contribution in [3.8, 4) is 0 Å². The quantitative estimate of drug-likeness (QED) is 0.477. The second-order valence-corrected chi connectivity index (χ2v) is 14.6. The maximum Gasteiger partial charge on any atom is 0.340 e. The minimum Gasteiger partial charge on any atom is -0.467 e. The van der Waals surface area contributed by atoms with Gasteiger partial charge in [0.05, 0.1) is 13.7 Å². The third kappa shape index (κ3) is 4.28. The van der Waals surface area contributed by atoms with Gasteiger partial charge in [0.2, 0.25) is 0 Å². The molecule has 0 N–H and O–H groups in total. The van der Waals surface area contributed by atoms with Crippen molar-refractivity contribution < 1.29 is 28.2 Å². The highest BCUT2D eigenvalue weighted by atomic mass is 28.4. The SMILES string of the molecule is COC(=O)[C@@]1(CO[Si](c2ccccc2)(c2ccccc2)C(C)(C)C)C[C@H]2OC(C)(C)O[C@H]2O1. The molecule has 0 amide bonds. The molecule has 2 aliphatic heterocycles. The molecule has 0 unspecified atom stereocenters. The number of benzene rings is 2. The van der Waals surface area contributed by atoms with Crippen molar-refractivity contribution in [2.24, 2.45) is 0 Å². The summed E-state index contributed by atoms with van der Waals surface area (Å²) in [5.41, 5.74) is -1.30. The van der Waals surface area contributed by atoms with Gasteiger partial charge < -0.3 is 23.4 Å². The molecule has 0 aromatic heterocycles. The van der Waals surface area contributed by atoms with Crippen LogP contribution in [0.2, 0.25) is 5.04 Å². The molecule has 0 saturated carbocycles. The molecule has 7 heteroatoms. The lowest BCUT2D eigenvalue weighted by atomic mass is 10.0. The first-order valence-corrected chi connectivity index (χ1v) is 13.3. The summed E-state index contributed by atoms with van der Waals surface area (Å²) >= 11 is 0. The van der Waals surface area contributed by atoms with Gasteiger partial charge in [0, 0.05) is 6.42 Å². The predicted molar refractivity (Wildman–Crippen MR) is 128 cm³/mol. The Morgan fingerprint density at radius 3 is 1.97 bits per heavy atom. The first-order valence-electron chi connectivity index (χ1n) is 11.4. The standard InChI is InChI=1S/C26H34O6Si/c1-24(2,3)33(19-13-9-7-10-14-19,20-15-11-8-12-16-20)29-18-26(23(27)28-6)17-21-22(32-26)31-25(4,5)30-21/h7-16,21-22H,17-18H2,1-6H3/t21-,22+,26+/m1/s1. The van der Waals surface area contributed by atoms with E-state index in [1.807, 2.05) is 50.2 Å². The summed E-state index contributed by atoms with van der Waals surface area (Å²) in [7, 11) is -1.49. The lowest BCUT2D eigenvalue weighted by molar-refractivity contribution is -0.234. The summed E-state index contributed by atoms with van der Waals surface area (Å²) in [6.45, 7) is 10.3. The van der Waals surface area contributed by atoms with E-state index < -0.39 is 32.0 Å². The number of hydrogen-bond acceptors (Lipinski definition) is 6. The number of methoxy groups -OCH3 is 1. The van der Waals surface area contributed by atoms with E-state index in [0.717, 1.165) is 10.4 Å². The number of carbonyl (C=O) groups excluding carboxylic acids is 1. The lowest BCUT2D eigenvalue weighted by Gasteiger charge is -2.44. The molecule has 2 heterocycles. The molecule has 3 atom stereocenters. The Morgan fingerprint density at radius 2 is 1.52 bits per heavy atom. The predicted octanol–water partition coefficient (Wildman–Crippen LogP) is 3.37. The molecule has 33 heavy (non-hydrogen) atoms. The van der Waals surface area contributed by atoms with Crippen molar-refractivity contribution >= 4 is 24.7 Å². The van der Waals surface area contributed by atoms with Gasteiger partial charge >= 0.3 is 5.97 Å². The topological polar surface area (TPSA) is 63.2 Å². The molecule has 2 fully saturated rings. The van der Waals surface area contributed by atoms with Crippen LogP contribution in [0, 0.1) is 0 Å². The third-order valence-electron chi connectivity index (χ3n) is 6.51. The molecule has 2 aliphatic rings. The highest BCUT2D eigenvalue weighted by Gasteiger charge is 2.61. The first kappa shape index (κ1) is 24.1. The fourth-order valence-electron chi connectivity index (χ4n) is 5.09. The fourth-order valence-corrected chi connectivity index (χ4v) is 9.70. The molecule has 4 rings (SSSR count). The summed E-state index contributed by atoms with van der Waals surface area (Å²) in [6, 6.07) is 20.6. The Bertz CT molecular complexity index is 914. The van der Waals surface area contributed by atoms with Gasteiger partial charge in [0.1, 0.15) is 6.10 Å². The van der Waals surface area contributed by atoms with Crippen LogP contribution in [0.3, 0.4) is 0 Å². The van der Waals surface area contributed by atoms with Gasteiger partial charge in [-0.1, -0.05) is 81.4 Å². The Balaban J connectivity index is 1.74. The Morgan fingerprint density at radius 1 is 0.970 bits per heavy atom. The van der Waals surface area contributed by atoms with E-state index in [-0.39, 0.29) is 17.7 Å². The number of hydrogen-bond donors (Lipinski definition) is 0. The van der Waals surface area contributed by atoms with Gasteiger partial charge in [-0.15, -0.1) is 0 Å². The molecule has 6 nitrogen and oxygen atoms in total. The largest absolute Gasteiger partial charge is 0.467 e. The summed E-state index contributed by atoms with van der Waals surface area (Å²) in [4.78, 5) is 13.0. The average molecular weight is 471 g/mol. The number of rotatable bonds is 6. The van der Waals surface area contributed by atoms with Gasteiger partial charge in [-0.2, -0.15) is 0 Å². The lowest BCUT2D eigenvalue weighted by Crippen LogP contribution is -2.68. The van der Waals surface area contributed by atoms with Gasteiger partial charge in [-0.3, -0.25) is 0 Å². The van der Waals surface area contributed by atoms with E-state index in [9.17, 15) is 4.79 Å². The van der Waals surface area contributed by atoms with Crippen molar-refractivity contribution in [3.05, 3.63) is 60.7 Å². The zero-order chi connectivity index (χ0) is 23.9. The summed E-state index contributed by atoms with van der Waals surface area (Å²) < 4.78 is 30.3. The first-order chi connectivity index (χ1) is 15.5.